The van der Waals surface area contributed by atoms with Gasteiger partial charge in [-0.1, -0.05) is 55.1 Å². The Kier molecular flexibility index (Phi) is 4.46. The van der Waals surface area contributed by atoms with Crippen molar-refractivity contribution in [3.05, 3.63) is 71.8 Å². The van der Waals surface area contributed by atoms with Gasteiger partial charge in [0.2, 0.25) is 0 Å². The molecule has 0 fully saturated rings. The zero-order valence-electron chi connectivity index (χ0n) is 9.73. The summed E-state index contributed by atoms with van der Waals surface area (Å²) in [6.07, 6.45) is 5.71. The van der Waals surface area contributed by atoms with Gasteiger partial charge < -0.3 is 0 Å². The Hall–Kier alpha value is -1.89. The van der Waals surface area contributed by atoms with Crippen LogP contribution in [0.15, 0.2) is 66.3 Å². The lowest BCUT2D eigenvalue weighted by molar-refractivity contribution is 0.103. The van der Waals surface area contributed by atoms with Crippen LogP contribution in [0.3, 0.4) is 0 Å². The molecule has 0 unspecified atom stereocenters. The maximum Gasteiger partial charge on any atom is 0.192 e. The molecule has 1 nitrogen and oxygen atoms in total. The van der Waals surface area contributed by atoms with Crippen LogP contribution in [0.1, 0.15) is 24.2 Å². The van der Waals surface area contributed by atoms with Gasteiger partial charge in [-0.15, -0.1) is 0 Å². The monoisotopic (exact) mass is 212 g/mol. The number of carbonyl (C=O) groups is 1. The second-order valence-electron chi connectivity index (χ2n) is 3.55. The van der Waals surface area contributed by atoms with Gasteiger partial charge in [0.1, 0.15) is 0 Å². The summed E-state index contributed by atoms with van der Waals surface area (Å²) in [5.41, 5.74) is 2.12. The molecule has 0 atom stereocenters. The standard InChI is InChI=1S/C15H16O/c1-4-5-9-12(2)13(3)15(16)14-10-7-6-8-11-14/h4-11H,3H2,1-2H3/b5-4-,12-9-. The summed E-state index contributed by atoms with van der Waals surface area (Å²) < 4.78 is 0. The Morgan fingerprint density at radius 3 is 2.44 bits per heavy atom. The predicted octanol–water partition coefficient (Wildman–Crippen LogP) is 3.95. The minimum Gasteiger partial charge on any atom is -0.289 e. The van der Waals surface area contributed by atoms with Crippen molar-refractivity contribution in [1.29, 1.82) is 0 Å². The van der Waals surface area contributed by atoms with E-state index >= 15 is 0 Å². The number of Topliss-reactive ketones (excluding diaryl/α,β-unsaturated/α-hetero) is 1. The first-order valence-electron chi connectivity index (χ1n) is 5.25. The van der Waals surface area contributed by atoms with Crippen molar-refractivity contribution in [2.45, 2.75) is 13.8 Å². The zero-order chi connectivity index (χ0) is 12.0. The average molecular weight is 212 g/mol. The lowest BCUT2D eigenvalue weighted by Crippen LogP contribution is -2.02. The molecule has 0 heterocycles. The molecular formula is C15H16O. The van der Waals surface area contributed by atoms with Crippen LogP contribution < -0.4 is 0 Å². The number of ketones is 1. The van der Waals surface area contributed by atoms with Crippen molar-refractivity contribution < 1.29 is 4.79 Å². The molecule has 0 radical (unpaired) electrons. The van der Waals surface area contributed by atoms with E-state index in [-0.39, 0.29) is 5.78 Å². The summed E-state index contributed by atoms with van der Waals surface area (Å²) >= 11 is 0. The van der Waals surface area contributed by atoms with Crippen LogP contribution in [-0.4, -0.2) is 5.78 Å². The van der Waals surface area contributed by atoms with E-state index in [4.69, 9.17) is 0 Å². The highest BCUT2D eigenvalue weighted by molar-refractivity contribution is 6.11. The molecule has 0 amide bonds. The molecule has 1 aromatic carbocycles. The number of carbonyl (C=O) groups excluding carboxylic acids is 1. The average Bonchev–Trinajstić information content (AvgIpc) is 2.35. The molecule has 1 rings (SSSR count). The lowest BCUT2D eigenvalue weighted by atomic mass is 9.99. The highest BCUT2D eigenvalue weighted by Gasteiger charge is 2.10. The molecule has 0 spiro atoms. The molecule has 0 saturated heterocycles. The first-order chi connectivity index (χ1) is 7.66. The molecule has 1 heteroatoms. The Balaban J connectivity index is 2.88. The van der Waals surface area contributed by atoms with E-state index in [1.807, 2.05) is 50.3 Å². The molecule has 82 valence electrons. The molecule has 0 N–H and O–H groups in total. The van der Waals surface area contributed by atoms with E-state index in [0.29, 0.717) is 11.1 Å². The van der Waals surface area contributed by atoms with E-state index in [1.54, 1.807) is 12.1 Å². The number of rotatable bonds is 4. The van der Waals surface area contributed by atoms with E-state index in [0.717, 1.165) is 5.57 Å². The van der Waals surface area contributed by atoms with Crippen molar-refractivity contribution in [3.8, 4) is 0 Å². The molecule has 1 aromatic rings. The van der Waals surface area contributed by atoms with Gasteiger partial charge in [0.05, 0.1) is 0 Å². The van der Waals surface area contributed by atoms with Crippen molar-refractivity contribution in [2.75, 3.05) is 0 Å². The van der Waals surface area contributed by atoms with Crippen LogP contribution in [-0.2, 0) is 0 Å². The molecule has 16 heavy (non-hydrogen) atoms. The van der Waals surface area contributed by atoms with Gasteiger partial charge in [0.15, 0.2) is 5.78 Å². The zero-order valence-corrected chi connectivity index (χ0v) is 9.73. The molecule has 0 aliphatic heterocycles. The number of hydrogen-bond acceptors (Lipinski definition) is 1. The van der Waals surface area contributed by atoms with Gasteiger partial charge in [0.25, 0.3) is 0 Å². The first kappa shape index (κ1) is 12.2. The van der Waals surface area contributed by atoms with Gasteiger partial charge >= 0.3 is 0 Å². The number of hydrogen-bond donors (Lipinski definition) is 0. The summed E-state index contributed by atoms with van der Waals surface area (Å²) in [5.74, 6) is -0.0150. The minimum atomic E-state index is -0.0150. The summed E-state index contributed by atoms with van der Waals surface area (Å²) in [6.45, 7) is 7.66. The van der Waals surface area contributed by atoms with E-state index in [2.05, 4.69) is 6.58 Å². The minimum absolute atomic E-state index is 0.0150. The fourth-order valence-corrected chi connectivity index (χ4v) is 1.28. The topological polar surface area (TPSA) is 17.1 Å². The fraction of sp³-hybridized carbons (Fsp3) is 0.133. The highest BCUT2D eigenvalue weighted by Crippen LogP contribution is 2.14. The van der Waals surface area contributed by atoms with Crippen molar-refractivity contribution in [3.63, 3.8) is 0 Å². The number of allylic oxidation sites excluding steroid dienone is 5. The van der Waals surface area contributed by atoms with Crippen LogP contribution >= 0.6 is 0 Å². The maximum absolute atomic E-state index is 12.0. The largest absolute Gasteiger partial charge is 0.289 e. The maximum atomic E-state index is 12.0. The van der Waals surface area contributed by atoms with Gasteiger partial charge in [-0.05, 0) is 19.4 Å². The van der Waals surface area contributed by atoms with Gasteiger partial charge in [-0.3, -0.25) is 4.79 Å². The predicted molar refractivity (Wildman–Crippen MR) is 68.5 cm³/mol. The van der Waals surface area contributed by atoms with E-state index in [9.17, 15) is 4.79 Å². The van der Waals surface area contributed by atoms with Crippen LogP contribution in [0.4, 0.5) is 0 Å². The molecule has 0 aliphatic rings. The molecule has 0 saturated carbocycles. The second kappa shape index (κ2) is 5.86. The lowest BCUT2D eigenvalue weighted by Gasteiger charge is -2.04. The summed E-state index contributed by atoms with van der Waals surface area (Å²) in [4.78, 5) is 12.0. The van der Waals surface area contributed by atoms with E-state index in [1.165, 1.54) is 0 Å². The Bertz CT molecular complexity index is 436. The van der Waals surface area contributed by atoms with Crippen molar-refractivity contribution in [2.24, 2.45) is 0 Å². The van der Waals surface area contributed by atoms with Crippen LogP contribution in [0.2, 0.25) is 0 Å². The Labute approximate surface area is 96.8 Å². The summed E-state index contributed by atoms with van der Waals surface area (Å²) in [6, 6.07) is 9.20. The third-order valence-corrected chi connectivity index (χ3v) is 2.32. The first-order valence-corrected chi connectivity index (χ1v) is 5.25. The van der Waals surface area contributed by atoms with Crippen LogP contribution in [0, 0.1) is 0 Å². The molecule has 0 bridgehead atoms. The third-order valence-electron chi connectivity index (χ3n) is 2.32. The van der Waals surface area contributed by atoms with Crippen LogP contribution in [0.25, 0.3) is 0 Å². The highest BCUT2D eigenvalue weighted by atomic mass is 16.1. The molecule has 0 aromatic heterocycles. The fourth-order valence-electron chi connectivity index (χ4n) is 1.28. The van der Waals surface area contributed by atoms with Crippen molar-refractivity contribution in [1.82, 2.24) is 0 Å². The molecular weight excluding hydrogens is 196 g/mol. The van der Waals surface area contributed by atoms with Gasteiger partial charge in [0, 0.05) is 11.1 Å². The summed E-state index contributed by atoms with van der Waals surface area (Å²) in [5, 5.41) is 0. The summed E-state index contributed by atoms with van der Waals surface area (Å²) in [7, 11) is 0. The third kappa shape index (κ3) is 3.06. The van der Waals surface area contributed by atoms with Gasteiger partial charge in [-0.25, -0.2) is 0 Å². The van der Waals surface area contributed by atoms with Crippen molar-refractivity contribution >= 4 is 5.78 Å². The Morgan fingerprint density at radius 1 is 1.25 bits per heavy atom. The van der Waals surface area contributed by atoms with Gasteiger partial charge in [-0.2, -0.15) is 0 Å². The normalized spacial score (nSPS) is 11.8. The Morgan fingerprint density at radius 2 is 1.88 bits per heavy atom. The van der Waals surface area contributed by atoms with E-state index < -0.39 is 0 Å². The quantitative estimate of drug-likeness (QED) is 0.419. The SMILES string of the molecule is C=C(C(=O)c1ccccc1)/C(C)=C\C=C/C. The molecule has 0 aliphatic carbocycles. The van der Waals surface area contributed by atoms with Crippen LogP contribution in [0.5, 0.6) is 0 Å². The second-order valence-corrected chi connectivity index (χ2v) is 3.55. The smallest absolute Gasteiger partial charge is 0.192 e. The number of benzene rings is 1.